The summed E-state index contributed by atoms with van der Waals surface area (Å²) in [5.74, 6) is 0.939. The van der Waals surface area contributed by atoms with Gasteiger partial charge in [0.25, 0.3) is 0 Å². The molecule has 0 spiro atoms. The van der Waals surface area contributed by atoms with Gasteiger partial charge in [-0.05, 0) is 45.2 Å². The van der Waals surface area contributed by atoms with Crippen LogP contribution in [-0.2, 0) is 6.54 Å². The molecular formula is C16H23N3. The molecule has 19 heavy (non-hydrogen) atoms. The molecule has 0 atom stereocenters. The lowest BCUT2D eigenvalue weighted by Crippen LogP contribution is -2.05. The van der Waals surface area contributed by atoms with Gasteiger partial charge in [0, 0.05) is 18.4 Å². The number of anilines is 2. The number of imidazole rings is 1. The van der Waals surface area contributed by atoms with Crippen molar-refractivity contribution in [2.24, 2.45) is 0 Å². The molecule has 0 saturated carbocycles. The normalized spacial score (nSPS) is 10.8. The van der Waals surface area contributed by atoms with Crippen LogP contribution in [0, 0.1) is 27.7 Å². The maximum absolute atomic E-state index is 4.58. The summed E-state index contributed by atoms with van der Waals surface area (Å²) in [6, 6.07) is 4.41. The van der Waals surface area contributed by atoms with E-state index in [1.54, 1.807) is 0 Å². The Balaban J connectivity index is 2.36. The van der Waals surface area contributed by atoms with E-state index in [4.69, 9.17) is 0 Å². The molecule has 0 unspecified atom stereocenters. The minimum atomic E-state index is 0.939. The van der Waals surface area contributed by atoms with Gasteiger partial charge >= 0.3 is 0 Å². The third-order valence-electron chi connectivity index (χ3n) is 3.28. The SMILES string of the molecule is CCCn1cc(C)nc1Nc1c(C)cc(C)cc1C. The Morgan fingerprint density at radius 3 is 2.32 bits per heavy atom. The third-order valence-corrected chi connectivity index (χ3v) is 3.28. The van der Waals surface area contributed by atoms with Crippen molar-refractivity contribution in [3.63, 3.8) is 0 Å². The van der Waals surface area contributed by atoms with Gasteiger partial charge in [0.1, 0.15) is 0 Å². The highest BCUT2D eigenvalue weighted by atomic mass is 15.2. The van der Waals surface area contributed by atoms with E-state index < -0.39 is 0 Å². The van der Waals surface area contributed by atoms with E-state index in [2.05, 4.69) is 60.9 Å². The lowest BCUT2D eigenvalue weighted by atomic mass is 10.1. The average molecular weight is 257 g/mol. The van der Waals surface area contributed by atoms with Crippen LogP contribution >= 0.6 is 0 Å². The third kappa shape index (κ3) is 2.98. The molecule has 0 saturated heterocycles. The summed E-state index contributed by atoms with van der Waals surface area (Å²) in [6.07, 6.45) is 3.21. The van der Waals surface area contributed by atoms with E-state index in [-0.39, 0.29) is 0 Å². The monoisotopic (exact) mass is 257 g/mol. The first-order valence-electron chi connectivity index (χ1n) is 6.90. The molecule has 102 valence electrons. The standard InChI is InChI=1S/C16H23N3/c1-6-7-19-10-14(5)17-16(19)18-15-12(3)8-11(2)9-13(15)4/h8-10H,6-7H2,1-5H3,(H,17,18). The van der Waals surface area contributed by atoms with Crippen molar-refractivity contribution in [2.75, 3.05) is 5.32 Å². The molecule has 0 fully saturated rings. The van der Waals surface area contributed by atoms with Crippen LogP contribution in [0.5, 0.6) is 0 Å². The number of hydrogen-bond acceptors (Lipinski definition) is 2. The van der Waals surface area contributed by atoms with Crippen LogP contribution < -0.4 is 5.32 Å². The van der Waals surface area contributed by atoms with E-state index in [1.165, 1.54) is 22.4 Å². The first-order chi connectivity index (χ1) is 9.01. The number of aryl methyl sites for hydroxylation is 5. The van der Waals surface area contributed by atoms with Gasteiger partial charge in [-0.2, -0.15) is 0 Å². The highest BCUT2D eigenvalue weighted by molar-refractivity contribution is 5.64. The van der Waals surface area contributed by atoms with Crippen LogP contribution in [0.25, 0.3) is 0 Å². The van der Waals surface area contributed by atoms with Crippen molar-refractivity contribution in [1.29, 1.82) is 0 Å². The predicted octanol–water partition coefficient (Wildman–Crippen LogP) is 4.27. The second-order valence-electron chi connectivity index (χ2n) is 5.30. The second kappa shape index (κ2) is 5.47. The number of hydrogen-bond donors (Lipinski definition) is 1. The van der Waals surface area contributed by atoms with Gasteiger partial charge in [0.05, 0.1) is 5.69 Å². The predicted molar refractivity (Wildman–Crippen MR) is 81.2 cm³/mol. The Hall–Kier alpha value is -1.77. The molecule has 0 radical (unpaired) electrons. The Morgan fingerprint density at radius 2 is 1.74 bits per heavy atom. The number of aromatic nitrogens is 2. The molecule has 1 aromatic heterocycles. The maximum Gasteiger partial charge on any atom is 0.207 e. The molecule has 2 aromatic rings. The zero-order valence-electron chi connectivity index (χ0n) is 12.5. The molecule has 0 aliphatic carbocycles. The largest absolute Gasteiger partial charge is 0.325 e. The van der Waals surface area contributed by atoms with Gasteiger partial charge in [0.15, 0.2) is 0 Å². The molecule has 1 aromatic carbocycles. The summed E-state index contributed by atoms with van der Waals surface area (Å²) in [4.78, 5) is 4.58. The fourth-order valence-corrected chi connectivity index (χ4v) is 2.55. The fraction of sp³-hybridized carbons (Fsp3) is 0.438. The summed E-state index contributed by atoms with van der Waals surface area (Å²) >= 11 is 0. The Labute approximate surface area is 115 Å². The van der Waals surface area contributed by atoms with Crippen molar-refractivity contribution >= 4 is 11.6 Å². The van der Waals surface area contributed by atoms with E-state index in [0.717, 1.165) is 24.6 Å². The fourth-order valence-electron chi connectivity index (χ4n) is 2.55. The highest BCUT2D eigenvalue weighted by Gasteiger charge is 2.09. The Morgan fingerprint density at radius 1 is 1.11 bits per heavy atom. The van der Waals surface area contributed by atoms with Crippen LogP contribution in [0.1, 0.15) is 35.7 Å². The molecular weight excluding hydrogens is 234 g/mol. The van der Waals surface area contributed by atoms with Crippen LogP contribution in [0.15, 0.2) is 18.3 Å². The minimum Gasteiger partial charge on any atom is -0.325 e. The van der Waals surface area contributed by atoms with Crippen LogP contribution in [0.4, 0.5) is 11.6 Å². The summed E-state index contributed by atoms with van der Waals surface area (Å²) in [6.45, 7) is 11.6. The van der Waals surface area contributed by atoms with Crippen LogP contribution in [-0.4, -0.2) is 9.55 Å². The summed E-state index contributed by atoms with van der Waals surface area (Å²) in [5, 5.41) is 3.49. The minimum absolute atomic E-state index is 0.939. The summed E-state index contributed by atoms with van der Waals surface area (Å²) in [7, 11) is 0. The van der Waals surface area contributed by atoms with Crippen molar-refractivity contribution < 1.29 is 0 Å². The van der Waals surface area contributed by atoms with Gasteiger partial charge in [-0.1, -0.05) is 24.6 Å². The van der Waals surface area contributed by atoms with E-state index >= 15 is 0 Å². The van der Waals surface area contributed by atoms with Crippen LogP contribution in [0.3, 0.4) is 0 Å². The van der Waals surface area contributed by atoms with Gasteiger partial charge in [-0.15, -0.1) is 0 Å². The summed E-state index contributed by atoms with van der Waals surface area (Å²) in [5.41, 5.74) is 6.06. The number of nitrogens with zero attached hydrogens (tertiary/aromatic N) is 2. The zero-order valence-corrected chi connectivity index (χ0v) is 12.5. The molecule has 0 aliphatic rings. The van der Waals surface area contributed by atoms with Gasteiger partial charge in [-0.3, -0.25) is 0 Å². The molecule has 0 amide bonds. The first-order valence-corrected chi connectivity index (χ1v) is 6.90. The molecule has 3 heteroatoms. The van der Waals surface area contributed by atoms with Gasteiger partial charge in [0.2, 0.25) is 5.95 Å². The average Bonchev–Trinajstić information content (AvgIpc) is 2.64. The highest BCUT2D eigenvalue weighted by Crippen LogP contribution is 2.25. The first kappa shape index (κ1) is 13.7. The topological polar surface area (TPSA) is 29.9 Å². The van der Waals surface area contributed by atoms with E-state index in [0.29, 0.717) is 0 Å². The van der Waals surface area contributed by atoms with Gasteiger partial charge in [-0.25, -0.2) is 4.98 Å². The molecule has 1 heterocycles. The van der Waals surface area contributed by atoms with E-state index in [9.17, 15) is 0 Å². The van der Waals surface area contributed by atoms with Crippen molar-refractivity contribution in [2.45, 2.75) is 47.6 Å². The quantitative estimate of drug-likeness (QED) is 0.886. The number of nitrogens with one attached hydrogen (secondary N) is 1. The van der Waals surface area contributed by atoms with Crippen molar-refractivity contribution in [1.82, 2.24) is 9.55 Å². The Kier molecular flexibility index (Phi) is 3.93. The zero-order chi connectivity index (χ0) is 14.0. The van der Waals surface area contributed by atoms with Crippen molar-refractivity contribution in [3.8, 4) is 0 Å². The molecule has 0 bridgehead atoms. The van der Waals surface area contributed by atoms with E-state index in [1.807, 2.05) is 6.92 Å². The Bertz CT molecular complexity index is 559. The van der Waals surface area contributed by atoms with Gasteiger partial charge < -0.3 is 9.88 Å². The van der Waals surface area contributed by atoms with Crippen LogP contribution in [0.2, 0.25) is 0 Å². The van der Waals surface area contributed by atoms with Crippen molar-refractivity contribution in [3.05, 3.63) is 40.7 Å². The molecule has 2 rings (SSSR count). The molecule has 0 aliphatic heterocycles. The smallest absolute Gasteiger partial charge is 0.207 e. The number of benzene rings is 1. The number of rotatable bonds is 4. The molecule has 3 nitrogen and oxygen atoms in total. The molecule has 1 N–H and O–H groups in total. The summed E-state index contributed by atoms with van der Waals surface area (Å²) < 4.78 is 2.19. The lowest BCUT2D eigenvalue weighted by molar-refractivity contribution is 0.686. The maximum atomic E-state index is 4.58. The second-order valence-corrected chi connectivity index (χ2v) is 5.30. The lowest BCUT2D eigenvalue weighted by Gasteiger charge is -2.14.